The van der Waals surface area contributed by atoms with E-state index in [-0.39, 0.29) is 32.0 Å². The predicted molar refractivity (Wildman–Crippen MR) is 183 cm³/mol. The van der Waals surface area contributed by atoms with Crippen molar-refractivity contribution >= 4 is 37.1 Å². The van der Waals surface area contributed by atoms with E-state index in [4.69, 9.17) is 9.47 Å². The zero-order chi connectivity index (χ0) is 28.8. The van der Waals surface area contributed by atoms with E-state index in [0.29, 0.717) is 17.2 Å². The molecule has 2 aliphatic rings. The quantitative estimate of drug-likeness (QED) is 0.186. The minimum atomic E-state index is -0.533. The first kappa shape index (κ1) is 32.6. The molecule has 0 amide bonds. The van der Waals surface area contributed by atoms with Gasteiger partial charge in [-0.3, -0.25) is 0 Å². The smallest absolute Gasteiger partial charge is 1.00 e. The molecule has 1 aliphatic carbocycles. The van der Waals surface area contributed by atoms with Gasteiger partial charge in [0.15, 0.2) is 6.29 Å². The van der Waals surface area contributed by atoms with Crippen molar-refractivity contribution in [3.05, 3.63) is 121 Å². The van der Waals surface area contributed by atoms with Crippen LogP contribution in [0.3, 0.4) is 0 Å². The van der Waals surface area contributed by atoms with Crippen molar-refractivity contribution in [1.82, 2.24) is 0 Å². The van der Waals surface area contributed by atoms with Gasteiger partial charge in [-0.05, 0) is 91.8 Å². The Morgan fingerprint density at radius 1 is 0.605 bits per heavy atom. The second-order valence-electron chi connectivity index (χ2n) is 12.4. The monoisotopic (exact) mass is 602 g/mol. The summed E-state index contributed by atoms with van der Waals surface area (Å²) < 4.78 is 11.9. The van der Waals surface area contributed by atoms with Crippen molar-refractivity contribution in [2.75, 3.05) is 13.2 Å². The molecule has 0 spiro atoms. The van der Waals surface area contributed by atoms with Gasteiger partial charge in [0.25, 0.3) is 0 Å². The fraction of sp³-hybridized carbons (Fsp3) is 0.368. The van der Waals surface area contributed by atoms with E-state index in [1.165, 1.54) is 34.1 Å². The van der Waals surface area contributed by atoms with E-state index in [1.54, 1.807) is 0 Å². The number of ether oxygens (including phenoxy) is 2. The van der Waals surface area contributed by atoms with E-state index in [1.807, 2.05) is 0 Å². The van der Waals surface area contributed by atoms with Gasteiger partial charge in [-0.2, -0.15) is 0 Å². The molecule has 0 radical (unpaired) electrons. The summed E-state index contributed by atoms with van der Waals surface area (Å²) in [5.74, 6) is 0.644. The third-order valence-electron chi connectivity index (χ3n) is 9.32. The fourth-order valence-corrected chi connectivity index (χ4v) is 13.8. The normalized spacial score (nSPS) is 21.2. The molecule has 0 aromatic heterocycles. The van der Waals surface area contributed by atoms with E-state index in [2.05, 4.69) is 135 Å². The summed E-state index contributed by atoms with van der Waals surface area (Å²) in [6, 6.07) is 45.6. The van der Waals surface area contributed by atoms with Gasteiger partial charge in [-0.25, -0.2) is 0 Å². The maximum absolute atomic E-state index is 5.97. The van der Waals surface area contributed by atoms with Crippen LogP contribution in [0.5, 0.6) is 0 Å². The summed E-state index contributed by atoms with van der Waals surface area (Å²) in [5, 5.41) is 6.03. The molecule has 2 unspecified atom stereocenters. The second-order valence-corrected chi connectivity index (χ2v) is 17.3. The van der Waals surface area contributed by atoms with Crippen LogP contribution in [-0.4, -0.2) is 30.8 Å². The zero-order valence-electron chi connectivity index (χ0n) is 27.0. The Kier molecular flexibility index (Phi) is 11.8. The molecule has 0 N–H and O–H groups in total. The Bertz CT molecular complexity index is 1200. The molecule has 2 atom stereocenters. The van der Waals surface area contributed by atoms with Gasteiger partial charge in [-0.1, -0.05) is 135 Å². The number of hydrogen-bond donors (Lipinski definition) is 0. The third-order valence-corrected chi connectivity index (χ3v) is 15.4. The van der Waals surface area contributed by atoms with Gasteiger partial charge in [0.1, 0.15) is 0 Å². The largest absolute Gasteiger partial charge is 1.00 e. The van der Waals surface area contributed by atoms with E-state index < -0.39 is 15.8 Å². The van der Waals surface area contributed by atoms with Crippen LogP contribution in [0.1, 0.15) is 47.4 Å². The van der Waals surface area contributed by atoms with Crippen molar-refractivity contribution < 1.29 is 29.8 Å². The summed E-state index contributed by atoms with van der Waals surface area (Å²) in [7, 11) is -1.07. The maximum atomic E-state index is 5.97. The van der Waals surface area contributed by atoms with Crippen LogP contribution in [0.2, 0.25) is 0 Å². The standard InChI is InChI=1S/C38H44O2P2.Li.H/c1-38(2,25-24-37-39-26-15-27-40-37)30-28-35(41(31-16-7-3-8-17-31)32-18-9-4-10-19-32)36(29-30)42(33-20-11-5-12-21-33)34-22-13-6-14-23-34;;/h3-14,16-23,30,35-37H,15,24-29H2,1-2H3;;/q;+1;-1. The first-order chi connectivity index (χ1) is 20.6. The van der Waals surface area contributed by atoms with Crippen molar-refractivity contribution in [2.45, 2.75) is 63.6 Å². The van der Waals surface area contributed by atoms with E-state index in [0.717, 1.165) is 32.5 Å². The molecule has 4 aromatic carbocycles. The van der Waals surface area contributed by atoms with E-state index >= 15 is 0 Å². The Morgan fingerprint density at radius 2 is 0.953 bits per heavy atom. The minimum absolute atomic E-state index is 0. The molecular weight excluding hydrogens is 557 g/mol. The zero-order valence-corrected chi connectivity index (χ0v) is 27.8. The van der Waals surface area contributed by atoms with Gasteiger partial charge in [0.05, 0.1) is 13.2 Å². The Hall–Kier alpha value is -1.74. The minimum Gasteiger partial charge on any atom is -1.00 e. The average Bonchev–Trinajstić information content (AvgIpc) is 3.48. The molecule has 5 heteroatoms. The van der Waals surface area contributed by atoms with Crippen LogP contribution in [0.25, 0.3) is 0 Å². The summed E-state index contributed by atoms with van der Waals surface area (Å²) in [6.07, 6.45) is 5.61. The number of benzene rings is 4. The molecule has 0 bridgehead atoms. The maximum Gasteiger partial charge on any atom is 1.00 e. The molecule has 2 fully saturated rings. The fourth-order valence-electron chi connectivity index (χ4n) is 7.00. The molecule has 1 heterocycles. The number of rotatable bonds is 10. The predicted octanol–water partition coefficient (Wildman–Crippen LogP) is 5.09. The summed E-state index contributed by atoms with van der Waals surface area (Å²) >= 11 is 0. The van der Waals surface area contributed by atoms with Crippen LogP contribution in [-0.2, 0) is 9.47 Å². The average molecular weight is 603 g/mol. The van der Waals surface area contributed by atoms with Gasteiger partial charge >= 0.3 is 18.9 Å². The van der Waals surface area contributed by atoms with Crippen LogP contribution >= 0.6 is 15.8 Å². The Balaban J connectivity index is 0.00000221. The molecule has 4 aromatic rings. The SMILES string of the molecule is CC(C)(CCC1OCCCO1)C1CC(P(c2ccccc2)c2ccccc2)C(P(c2ccccc2)c2ccccc2)C1.[H-].[Li+]. The molecule has 220 valence electrons. The molecule has 6 rings (SSSR count). The summed E-state index contributed by atoms with van der Waals surface area (Å²) in [5.41, 5.74) is 1.41. The van der Waals surface area contributed by atoms with Gasteiger partial charge < -0.3 is 10.9 Å². The van der Waals surface area contributed by atoms with Crippen LogP contribution in [0, 0.1) is 11.3 Å². The van der Waals surface area contributed by atoms with E-state index in [9.17, 15) is 0 Å². The Labute approximate surface area is 275 Å². The molecule has 43 heavy (non-hydrogen) atoms. The van der Waals surface area contributed by atoms with Crippen LogP contribution in [0.15, 0.2) is 121 Å². The van der Waals surface area contributed by atoms with Crippen molar-refractivity contribution in [3.8, 4) is 0 Å². The first-order valence-corrected chi connectivity index (χ1v) is 18.4. The van der Waals surface area contributed by atoms with Crippen LogP contribution in [0.4, 0.5) is 0 Å². The summed E-state index contributed by atoms with van der Waals surface area (Å²) in [4.78, 5) is 0. The third kappa shape index (κ3) is 7.92. The van der Waals surface area contributed by atoms with Crippen molar-refractivity contribution in [2.24, 2.45) is 11.3 Å². The topological polar surface area (TPSA) is 18.5 Å². The van der Waals surface area contributed by atoms with Gasteiger partial charge in [-0.15, -0.1) is 0 Å². The summed E-state index contributed by atoms with van der Waals surface area (Å²) in [6.45, 7) is 6.69. The van der Waals surface area contributed by atoms with Gasteiger partial charge in [0.2, 0.25) is 0 Å². The van der Waals surface area contributed by atoms with Gasteiger partial charge in [0, 0.05) is 0 Å². The second kappa shape index (κ2) is 15.5. The van der Waals surface area contributed by atoms with Crippen molar-refractivity contribution in [1.29, 1.82) is 0 Å². The molecular formula is C38H45LiO2P2. The first-order valence-electron chi connectivity index (χ1n) is 15.6. The molecule has 1 aliphatic heterocycles. The number of hydrogen-bond acceptors (Lipinski definition) is 2. The van der Waals surface area contributed by atoms with Crippen LogP contribution < -0.4 is 40.1 Å². The Morgan fingerprint density at radius 3 is 1.30 bits per heavy atom. The van der Waals surface area contributed by atoms with Crippen molar-refractivity contribution in [3.63, 3.8) is 0 Å². The molecule has 1 saturated heterocycles. The molecule has 2 nitrogen and oxygen atoms in total. The molecule has 1 saturated carbocycles.